The number of hydrogen-bond acceptors (Lipinski definition) is 2. The Morgan fingerprint density at radius 2 is 1.86 bits per heavy atom. The van der Waals surface area contributed by atoms with Gasteiger partial charge in [-0.1, -0.05) is 34.1 Å². The minimum Gasteiger partial charge on any atom is -0.478 e. The highest BCUT2D eigenvalue weighted by Crippen LogP contribution is 2.12. The molecule has 0 unspecified atom stereocenters. The highest BCUT2D eigenvalue weighted by Gasteiger charge is 2.06. The van der Waals surface area contributed by atoms with Gasteiger partial charge in [-0.05, 0) is 35.9 Å². The van der Waals surface area contributed by atoms with Gasteiger partial charge in [-0.25, -0.2) is 9.59 Å². The number of urea groups is 1. The number of carboxylic acids is 1. The molecule has 2 amide bonds. The number of nitrogens with one attached hydrogen (secondary N) is 2. The monoisotopic (exact) mass is 348 g/mol. The second-order valence-electron chi connectivity index (χ2n) is 4.32. The van der Waals surface area contributed by atoms with Gasteiger partial charge in [0.05, 0.1) is 5.56 Å². The van der Waals surface area contributed by atoms with Crippen LogP contribution in [0.1, 0.15) is 15.9 Å². The van der Waals surface area contributed by atoms with Crippen LogP contribution in [0.2, 0.25) is 0 Å². The summed E-state index contributed by atoms with van der Waals surface area (Å²) in [6.45, 7) is 0.379. The van der Waals surface area contributed by atoms with E-state index >= 15 is 0 Å². The van der Waals surface area contributed by atoms with E-state index in [-0.39, 0.29) is 5.56 Å². The lowest BCUT2D eigenvalue weighted by molar-refractivity contribution is 0.0697. The van der Waals surface area contributed by atoms with Crippen LogP contribution in [0.3, 0.4) is 0 Å². The van der Waals surface area contributed by atoms with Crippen LogP contribution >= 0.6 is 15.9 Å². The van der Waals surface area contributed by atoms with Crippen molar-refractivity contribution in [1.82, 2.24) is 5.32 Å². The summed E-state index contributed by atoms with van der Waals surface area (Å²) in [7, 11) is 0. The summed E-state index contributed by atoms with van der Waals surface area (Å²) < 4.78 is 0.941. The Balaban J connectivity index is 1.93. The van der Waals surface area contributed by atoms with Crippen LogP contribution in [0.4, 0.5) is 10.5 Å². The van der Waals surface area contributed by atoms with E-state index in [4.69, 9.17) is 5.11 Å². The van der Waals surface area contributed by atoms with Crippen LogP contribution in [0, 0.1) is 0 Å². The largest absolute Gasteiger partial charge is 0.478 e. The third kappa shape index (κ3) is 4.61. The second kappa shape index (κ2) is 6.90. The van der Waals surface area contributed by atoms with E-state index < -0.39 is 12.0 Å². The summed E-state index contributed by atoms with van der Waals surface area (Å²) in [5.41, 5.74) is 1.51. The highest BCUT2D eigenvalue weighted by atomic mass is 79.9. The fourth-order valence-corrected chi connectivity index (χ4v) is 2.18. The van der Waals surface area contributed by atoms with E-state index in [0.29, 0.717) is 12.2 Å². The molecule has 108 valence electrons. The molecule has 0 heterocycles. The molecule has 2 rings (SSSR count). The van der Waals surface area contributed by atoms with Crippen molar-refractivity contribution in [3.8, 4) is 0 Å². The van der Waals surface area contributed by atoms with Crippen molar-refractivity contribution in [3.63, 3.8) is 0 Å². The number of anilines is 1. The lowest BCUT2D eigenvalue weighted by Gasteiger charge is -2.08. The first-order valence-corrected chi connectivity index (χ1v) is 6.96. The number of benzene rings is 2. The Bertz CT molecular complexity index is 673. The predicted octanol–water partition coefficient (Wildman–Crippen LogP) is 3.47. The fraction of sp³-hybridized carbons (Fsp3) is 0.0667. The molecule has 0 aliphatic heterocycles. The van der Waals surface area contributed by atoms with Crippen LogP contribution in [-0.4, -0.2) is 17.1 Å². The molecule has 0 aromatic heterocycles. The molecule has 0 bridgehead atoms. The topological polar surface area (TPSA) is 78.4 Å². The van der Waals surface area contributed by atoms with Gasteiger partial charge in [-0.15, -0.1) is 0 Å². The van der Waals surface area contributed by atoms with Crippen molar-refractivity contribution in [1.29, 1.82) is 0 Å². The van der Waals surface area contributed by atoms with Crippen molar-refractivity contribution in [2.45, 2.75) is 6.54 Å². The third-order valence-corrected chi connectivity index (χ3v) is 3.20. The van der Waals surface area contributed by atoms with E-state index in [1.54, 1.807) is 12.1 Å². The van der Waals surface area contributed by atoms with Gasteiger partial charge in [-0.2, -0.15) is 0 Å². The Kier molecular flexibility index (Phi) is 4.94. The van der Waals surface area contributed by atoms with Crippen LogP contribution < -0.4 is 10.6 Å². The summed E-state index contributed by atoms with van der Waals surface area (Å²) >= 11 is 3.36. The lowest BCUT2D eigenvalue weighted by atomic mass is 10.2. The van der Waals surface area contributed by atoms with Crippen LogP contribution in [-0.2, 0) is 6.54 Å². The second-order valence-corrected chi connectivity index (χ2v) is 5.24. The summed E-state index contributed by atoms with van der Waals surface area (Å²) in [5, 5.41) is 14.2. The molecule has 0 aliphatic rings. The van der Waals surface area contributed by atoms with E-state index in [0.717, 1.165) is 10.0 Å². The molecule has 0 radical (unpaired) electrons. The van der Waals surface area contributed by atoms with Crippen molar-refractivity contribution < 1.29 is 14.7 Å². The predicted molar refractivity (Wildman–Crippen MR) is 83.4 cm³/mol. The average molecular weight is 349 g/mol. The minimum atomic E-state index is -1.03. The van der Waals surface area contributed by atoms with Crippen molar-refractivity contribution in [3.05, 3.63) is 64.1 Å². The third-order valence-electron chi connectivity index (χ3n) is 2.71. The van der Waals surface area contributed by atoms with E-state index in [2.05, 4.69) is 26.6 Å². The SMILES string of the molecule is O=C(NCc1cccc(Br)c1)Nc1cccc(C(=O)O)c1. The molecule has 5 nitrogen and oxygen atoms in total. The molecular formula is C15H13BrN2O3. The Morgan fingerprint density at radius 3 is 2.57 bits per heavy atom. The maximum absolute atomic E-state index is 11.8. The number of aromatic carboxylic acids is 1. The Morgan fingerprint density at radius 1 is 1.10 bits per heavy atom. The van der Waals surface area contributed by atoms with Crippen LogP contribution in [0.15, 0.2) is 53.0 Å². The first-order chi connectivity index (χ1) is 10.0. The zero-order valence-electron chi connectivity index (χ0n) is 11.0. The number of carbonyl (C=O) groups excluding carboxylic acids is 1. The van der Waals surface area contributed by atoms with Gasteiger partial charge in [0.2, 0.25) is 0 Å². The first-order valence-electron chi connectivity index (χ1n) is 6.17. The van der Waals surface area contributed by atoms with Gasteiger partial charge in [0.15, 0.2) is 0 Å². The van der Waals surface area contributed by atoms with Gasteiger partial charge in [0.1, 0.15) is 0 Å². The number of carboxylic acid groups (broad SMARTS) is 1. The van der Waals surface area contributed by atoms with Gasteiger partial charge in [-0.3, -0.25) is 0 Å². The molecule has 0 spiro atoms. The molecule has 2 aromatic carbocycles. The molecule has 0 aliphatic carbocycles. The highest BCUT2D eigenvalue weighted by molar-refractivity contribution is 9.10. The summed E-state index contributed by atoms with van der Waals surface area (Å²) in [6, 6.07) is 13.3. The summed E-state index contributed by atoms with van der Waals surface area (Å²) in [5.74, 6) is -1.03. The first kappa shape index (κ1) is 15.1. The molecule has 2 aromatic rings. The summed E-state index contributed by atoms with van der Waals surface area (Å²) in [4.78, 5) is 22.6. The molecule has 0 saturated heterocycles. The minimum absolute atomic E-state index is 0.125. The quantitative estimate of drug-likeness (QED) is 0.791. The van der Waals surface area contributed by atoms with Gasteiger partial charge in [0, 0.05) is 16.7 Å². The average Bonchev–Trinajstić information content (AvgIpc) is 2.45. The van der Waals surface area contributed by atoms with Crippen molar-refractivity contribution >= 4 is 33.6 Å². The molecule has 21 heavy (non-hydrogen) atoms. The molecular weight excluding hydrogens is 336 g/mol. The van der Waals surface area contributed by atoms with E-state index in [9.17, 15) is 9.59 Å². The van der Waals surface area contributed by atoms with Gasteiger partial charge in [0.25, 0.3) is 0 Å². The number of carbonyl (C=O) groups is 2. The normalized spacial score (nSPS) is 9.95. The molecule has 0 atom stereocenters. The maximum Gasteiger partial charge on any atom is 0.335 e. The zero-order valence-corrected chi connectivity index (χ0v) is 12.6. The fourth-order valence-electron chi connectivity index (χ4n) is 1.73. The number of halogens is 1. The smallest absolute Gasteiger partial charge is 0.335 e. The number of amides is 2. The van der Waals surface area contributed by atoms with Crippen molar-refractivity contribution in [2.75, 3.05) is 5.32 Å². The molecule has 3 N–H and O–H groups in total. The van der Waals surface area contributed by atoms with Gasteiger partial charge >= 0.3 is 12.0 Å². The lowest BCUT2D eigenvalue weighted by Crippen LogP contribution is -2.28. The zero-order chi connectivity index (χ0) is 15.2. The summed E-state index contributed by atoms with van der Waals surface area (Å²) in [6.07, 6.45) is 0. The van der Waals surface area contributed by atoms with Crippen molar-refractivity contribution in [2.24, 2.45) is 0 Å². The Labute approximate surface area is 130 Å². The van der Waals surface area contributed by atoms with Crippen LogP contribution in [0.25, 0.3) is 0 Å². The van der Waals surface area contributed by atoms with E-state index in [1.807, 2.05) is 24.3 Å². The Hall–Kier alpha value is -2.34. The van der Waals surface area contributed by atoms with E-state index in [1.165, 1.54) is 12.1 Å². The van der Waals surface area contributed by atoms with Gasteiger partial charge < -0.3 is 15.7 Å². The standard InChI is InChI=1S/C15H13BrN2O3/c16-12-5-1-3-10(7-12)9-17-15(21)18-13-6-2-4-11(8-13)14(19)20/h1-8H,9H2,(H,19,20)(H2,17,18,21). The molecule has 6 heteroatoms. The maximum atomic E-state index is 11.8. The molecule has 0 fully saturated rings. The van der Waals surface area contributed by atoms with Crippen LogP contribution in [0.5, 0.6) is 0 Å². The number of rotatable bonds is 4. The number of hydrogen-bond donors (Lipinski definition) is 3. The molecule has 0 saturated carbocycles.